The Bertz CT molecular complexity index is 1040. The largest absolute Gasteiger partial charge is 0.456 e. The van der Waals surface area contributed by atoms with Gasteiger partial charge in [-0.1, -0.05) is 62.4 Å². The number of hydrogen-bond acceptors (Lipinski definition) is 5. The third kappa shape index (κ3) is 6.18. The first-order valence-electron chi connectivity index (χ1n) is 10.2. The van der Waals surface area contributed by atoms with E-state index in [1.807, 2.05) is 38.1 Å². The van der Waals surface area contributed by atoms with Crippen LogP contribution in [0.4, 0.5) is 4.79 Å². The van der Waals surface area contributed by atoms with Crippen LogP contribution in [-0.2, 0) is 20.7 Å². The van der Waals surface area contributed by atoms with Gasteiger partial charge in [-0.2, -0.15) is 0 Å². The van der Waals surface area contributed by atoms with E-state index in [9.17, 15) is 14.4 Å². The number of carbonyl (C=O) groups excluding carboxylic acids is 3. The number of nitrogens with one attached hydrogen (secondary N) is 2. The number of aromatic nitrogens is 1. The molecule has 0 aliphatic rings. The standard InChI is InChI=1S/C24H26N2O5/c1-16(2)14-31-24(29)26-21(12-18-13-25-20-11-7-6-10-19(18)20)23(28)30-15-22(27)17-8-4-3-5-9-17/h3-11,13,16,21,25H,12,14-15H2,1-2H3,(H,26,29)/t21-/m1/s1. The Morgan fingerprint density at radius 2 is 1.68 bits per heavy atom. The summed E-state index contributed by atoms with van der Waals surface area (Å²) in [5.74, 6) is -0.855. The van der Waals surface area contributed by atoms with Gasteiger partial charge in [0, 0.05) is 29.1 Å². The van der Waals surface area contributed by atoms with E-state index in [2.05, 4.69) is 10.3 Å². The zero-order chi connectivity index (χ0) is 22.2. The van der Waals surface area contributed by atoms with Crippen LogP contribution < -0.4 is 5.32 Å². The van der Waals surface area contributed by atoms with Gasteiger partial charge in [0.1, 0.15) is 6.04 Å². The molecule has 1 atom stereocenters. The first kappa shape index (κ1) is 22.1. The number of esters is 1. The van der Waals surface area contributed by atoms with Gasteiger partial charge in [0.2, 0.25) is 0 Å². The summed E-state index contributed by atoms with van der Waals surface area (Å²) in [7, 11) is 0. The molecular weight excluding hydrogens is 396 g/mol. The summed E-state index contributed by atoms with van der Waals surface area (Å²) >= 11 is 0. The number of carbonyl (C=O) groups is 3. The van der Waals surface area contributed by atoms with Crippen LogP contribution in [0.25, 0.3) is 10.9 Å². The molecule has 2 aromatic carbocycles. The number of rotatable bonds is 9. The van der Waals surface area contributed by atoms with Crippen LogP contribution in [0.2, 0.25) is 0 Å². The number of para-hydroxylation sites is 1. The second-order valence-electron chi connectivity index (χ2n) is 7.65. The number of H-pyrrole nitrogens is 1. The molecule has 0 saturated carbocycles. The fraction of sp³-hybridized carbons (Fsp3) is 0.292. The molecule has 2 N–H and O–H groups in total. The molecule has 162 valence electrons. The van der Waals surface area contributed by atoms with Gasteiger partial charge in [0.15, 0.2) is 12.4 Å². The van der Waals surface area contributed by atoms with E-state index in [0.717, 1.165) is 16.5 Å². The van der Waals surface area contributed by atoms with E-state index in [4.69, 9.17) is 9.47 Å². The number of hydrogen-bond donors (Lipinski definition) is 2. The fourth-order valence-electron chi connectivity index (χ4n) is 3.08. The highest BCUT2D eigenvalue weighted by molar-refractivity contribution is 5.98. The zero-order valence-electron chi connectivity index (χ0n) is 17.6. The molecule has 1 amide bonds. The van der Waals surface area contributed by atoms with Crippen LogP contribution in [-0.4, -0.2) is 42.1 Å². The molecule has 0 spiro atoms. The molecule has 7 nitrogen and oxygen atoms in total. The summed E-state index contributed by atoms with van der Waals surface area (Å²) in [5.41, 5.74) is 2.22. The number of fused-ring (bicyclic) bond motifs is 1. The van der Waals surface area contributed by atoms with Gasteiger partial charge < -0.3 is 19.8 Å². The molecule has 1 aromatic heterocycles. The van der Waals surface area contributed by atoms with Crippen LogP contribution in [0, 0.1) is 5.92 Å². The van der Waals surface area contributed by atoms with Crippen LogP contribution in [0.15, 0.2) is 60.8 Å². The van der Waals surface area contributed by atoms with Crippen molar-refractivity contribution in [2.24, 2.45) is 5.92 Å². The van der Waals surface area contributed by atoms with Gasteiger partial charge >= 0.3 is 12.1 Å². The van der Waals surface area contributed by atoms with E-state index in [1.54, 1.807) is 36.5 Å². The molecule has 0 aliphatic heterocycles. The molecule has 31 heavy (non-hydrogen) atoms. The first-order valence-corrected chi connectivity index (χ1v) is 10.2. The maximum atomic E-state index is 12.8. The number of benzene rings is 2. The molecule has 3 aromatic rings. The van der Waals surface area contributed by atoms with Crippen LogP contribution in [0.3, 0.4) is 0 Å². The van der Waals surface area contributed by atoms with Crippen LogP contribution >= 0.6 is 0 Å². The van der Waals surface area contributed by atoms with E-state index in [1.165, 1.54) is 0 Å². The lowest BCUT2D eigenvalue weighted by atomic mass is 10.1. The normalized spacial score (nSPS) is 11.8. The average molecular weight is 422 g/mol. The maximum Gasteiger partial charge on any atom is 0.407 e. The molecule has 3 rings (SSSR count). The second kappa shape index (κ2) is 10.4. The molecular formula is C24H26N2O5. The summed E-state index contributed by atoms with van der Waals surface area (Å²) in [6.45, 7) is 3.66. The lowest BCUT2D eigenvalue weighted by Crippen LogP contribution is -2.44. The van der Waals surface area contributed by atoms with Crippen molar-refractivity contribution in [3.63, 3.8) is 0 Å². The minimum absolute atomic E-state index is 0.160. The predicted molar refractivity (Wildman–Crippen MR) is 117 cm³/mol. The number of amides is 1. The highest BCUT2D eigenvalue weighted by Gasteiger charge is 2.25. The Balaban J connectivity index is 1.70. The Kier molecular flexibility index (Phi) is 7.43. The topological polar surface area (TPSA) is 97.5 Å². The SMILES string of the molecule is CC(C)COC(=O)N[C@H](Cc1c[nH]c2ccccc12)C(=O)OCC(=O)c1ccccc1. The smallest absolute Gasteiger partial charge is 0.407 e. The second-order valence-corrected chi connectivity index (χ2v) is 7.65. The van der Waals surface area contributed by atoms with Crippen molar-refractivity contribution in [2.45, 2.75) is 26.3 Å². The third-order valence-corrected chi connectivity index (χ3v) is 4.66. The van der Waals surface area contributed by atoms with Gasteiger partial charge in [-0.05, 0) is 17.5 Å². The molecule has 0 radical (unpaired) electrons. The summed E-state index contributed by atoms with van der Waals surface area (Å²) in [6.07, 6.45) is 1.28. The van der Waals surface area contributed by atoms with Gasteiger partial charge in [-0.3, -0.25) is 4.79 Å². The fourth-order valence-corrected chi connectivity index (χ4v) is 3.08. The summed E-state index contributed by atoms with van der Waals surface area (Å²) in [5, 5.41) is 3.52. The van der Waals surface area contributed by atoms with E-state index in [0.29, 0.717) is 5.56 Å². The van der Waals surface area contributed by atoms with Gasteiger partial charge in [-0.15, -0.1) is 0 Å². The molecule has 0 saturated heterocycles. The van der Waals surface area contributed by atoms with Crippen LogP contribution in [0.1, 0.15) is 29.8 Å². The highest BCUT2D eigenvalue weighted by atomic mass is 16.6. The lowest BCUT2D eigenvalue weighted by molar-refractivity contribution is -0.144. The van der Waals surface area contributed by atoms with Crippen molar-refractivity contribution in [3.05, 3.63) is 71.9 Å². The molecule has 0 aliphatic carbocycles. The van der Waals surface area contributed by atoms with E-state index in [-0.39, 0.29) is 24.7 Å². The first-order chi connectivity index (χ1) is 14.9. The average Bonchev–Trinajstić information content (AvgIpc) is 3.19. The lowest BCUT2D eigenvalue weighted by Gasteiger charge is -2.18. The Morgan fingerprint density at radius 1 is 0.968 bits per heavy atom. The number of Topliss-reactive ketones (excluding diaryl/α,β-unsaturated/α-hetero) is 1. The zero-order valence-corrected chi connectivity index (χ0v) is 17.6. The monoisotopic (exact) mass is 422 g/mol. The maximum absolute atomic E-state index is 12.8. The summed E-state index contributed by atoms with van der Waals surface area (Å²) in [4.78, 5) is 40.4. The van der Waals surface area contributed by atoms with Crippen molar-refractivity contribution in [1.82, 2.24) is 10.3 Å². The van der Waals surface area contributed by atoms with Crippen molar-refractivity contribution >= 4 is 28.7 Å². The summed E-state index contributed by atoms with van der Waals surface area (Å²) < 4.78 is 10.4. The third-order valence-electron chi connectivity index (χ3n) is 4.66. The molecule has 7 heteroatoms. The number of ether oxygens (including phenoxy) is 2. The predicted octanol–water partition coefficient (Wildman–Crippen LogP) is 3.89. The summed E-state index contributed by atoms with van der Waals surface area (Å²) in [6, 6.07) is 15.2. The molecule has 0 fully saturated rings. The Morgan fingerprint density at radius 3 is 2.42 bits per heavy atom. The highest BCUT2D eigenvalue weighted by Crippen LogP contribution is 2.19. The van der Waals surface area contributed by atoms with Crippen molar-refractivity contribution < 1.29 is 23.9 Å². The van der Waals surface area contributed by atoms with Gasteiger partial charge in [0.05, 0.1) is 6.61 Å². The number of alkyl carbamates (subject to hydrolysis) is 1. The van der Waals surface area contributed by atoms with Gasteiger partial charge in [-0.25, -0.2) is 9.59 Å². The van der Waals surface area contributed by atoms with Crippen molar-refractivity contribution in [2.75, 3.05) is 13.2 Å². The van der Waals surface area contributed by atoms with Gasteiger partial charge in [0.25, 0.3) is 0 Å². The number of ketones is 1. The number of aromatic amines is 1. The Hall–Kier alpha value is -3.61. The molecule has 0 unspecified atom stereocenters. The molecule has 1 heterocycles. The van der Waals surface area contributed by atoms with Crippen LogP contribution in [0.5, 0.6) is 0 Å². The van der Waals surface area contributed by atoms with Crippen molar-refractivity contribution in [3.8, 4) is 0 Å². The Labute approximate surface area is 180 Å². The minimum Gasteiger partial charge on any atom is -0.456 e. The van der Waals surface area contributed by atoms with E-state index < -0.39 is 24.7 Å². The minimum atomic E-state index is -0.998. The van der Waals surface area contributed by atoms with Crippen molar-refractivity contribution in [1.29, 1.82) is 0 Å². The van der Waals surface area contributed by atoms with E-state index >= 15 is 0 Å². The quantitative estimate of drug-likeness (QED) is 0.403. The molecule has 0 bridgehead atoms.